The minimum Gasteiger partial charge on any atom is -0.342 e. The van der Waals surface area contributed by atoms with Crippen LogP contribution in [0.2, 0.25) is 0 Å². The number of carbonyl (C=O) groups excluding carboxylic acids is 1. The third-order valence-corrected chi connectivity index (χ3v) is 2.26. The minimum absolute atomic E-state index is 0.0519. The van der Waals surface area contributed by atoms with Crippen molar-refractivity contribution in [1.29, 1.82) is 0 Å². The van der Waals surface area contributed by atoms with Crippen molar-refractivity contribution in [2.75, 3.05) is 13.2 Å². The van der Waals surface area contributed by atoms with Gasteiger partial charge in [0, 0.05) is 24.3 Å². The van der Waals surface area contributed by atoms with Crippen molar-refractivity contribution in [2.24, 2.45) is 0 Å². The molecule has 0 aliphatic rings. The van der Waals surface area contributed by atoms with E-state index < -0.39 is 6.29 Å². The molecule has 0 unspecified atom stereocenters. The molecule has 0 aromatic heterocycles. The number of rotatable bonds is 5. The predicted molar refractivity (Wildman–Crippen MR) is 70.4 cm³/mol. The Morgan fingerprint density at radius 2 is 1.72 bits per heavy atom. The van der Waals surface area contributed by atoms with Gasteiger partial charge in [-0.1, -0.05) is 18.1 Å². The van der Waals surface area contributed by atoms with Crippen molar-refractivity contribution in [1.82, 2.24) is 0 Å². The van der Waals surface area contributed by atoms with E-state index in [1.807, 2.05) is 26.0 Å². The summed E-state index contributed by atoms with van der Waals surface area (Å²) < 4.78 is 10.6. The zero-order valence-electron chi connectivity index (χ0n) is 11.0. The molecule has 0 amide bonds. The molecule has 0 radical (unpaired) electrons. The minimum atomic E-state index is -0.493. The van der Waals surface area contributed by atoms with Gasteiger partial charge in [0.1, 0.15) is 0 Å². The van der Waals surface area contributed by atoms with E-state index in [4.69, 9.17) is 9.47 Å². The zero-order valence-corrected chi connectivity index (χ0v) is 11.0. The van der Waals surface area contributed by atoms with Gasteiger partial charge in [-0.2, -0.15) is 0 Å². The molecule has 0 saturated carbocycles. The largest absolute Gasteiger partial charge is 0.342 e. The molecule has 0 saturated heterocycles. The molecule has 3 nitrogen and oxygen atoms in total. The highest BCUT2D eigenvalue weighted by Gasteiger charge is 2.02. The van der Waals surface area contributed by atoms with Gasteiger partial charge in [-0.25, -0.2) is 0 Å². The monoisotopic (exact) mass is 246 g/mol. The van der Waals surface area contributed by atoms with Gasteiger partial charge in [-0.3, -0.25) is 4.79 Å². The quantitative estimate of drug-likeness (QED) is 0.455. The maximum atomic E-state index is 11.1. The van der Waals surface area contributed by atoms with Crippen molar-refractivity contribution < 1.29 is 14.3 Å². The molecule has 0 spiro atoms. The molecular weight excluding hydrogens is 228 g/mol. The average Bonchev–Trinajstić information content (AvgIpc) is 2.37. The van der Waals surface area contributed by atoms with E-state index in [1.165, 1.54) is 0 Å². The van der Waals surface area contributed by atoms with Gasteiger partial charge in [0.25, 0.3) is 0 Å². The van der Waals surface area contributed by atoms with Crippen LogP contribution in [0.25, 0.3) is 0 Å². The van der Waals surface area contributed by atoms with Gasteiger partial charge < -0.3 is 9.47 Å². The Labute approximate surface area is 108 Å². The van der Waals surface area contributed by atoms with E-state index in [2.05, 4.69) is 11.8 Å². The molecule has 3 heteroatoms. The number of hydrogen-bond acceptors (Lipinski definition) is 3. The molecule has 96 valence electrons. The second kappa shape index (κ2) is 7.65. The van der Waals surface area contributed by atoms with Gasteiger partial charge in [0.15, 0.2) is 5.78 Å². The lowest BCUT2D eigenvalue weighted by Gasteiger charge is -2.09. The molecule has 0 aliphatic carbocycles. The van der Waals surface area contributed by atoms with E-state index in [9.17, 15) is 4.79 Å². The highest BCUT2D eigenvalue weighted by atomic mass is 16.7. The maximum Gasteiger partial charge on any atom is 0.222 e. The first kappa shape index (κ1) is 14.4. The summed E-state index contributed by atoms with van der Waals surface area (Å²) in [6.07, 6.45) is -0.493. The summed E-state index contributed by atoms with van der Waals surface area (Å²) in [4.78, 5) is 11.1. The highest BCUT2D eigenvalue weighted by molar-refractivity contribution is 5.94. The van der Waals surface area contributed by atoms with Crippen molar-refractivity contribution in [2.45, 2.75) is 27.1 Å². The predicted octanol–water partition coefficient (Wildman–Crippen LogP) is 2.64. The smallest absolute Gasteiger partial charge is 0.222 e. The van der Waals surface area contributed by atoms with Gasteiger partial charge in [0.2, 0.25) is 6.29 Å². The molecule has 0 heterocycles. The van der Waals surface area contributed by atoms with Gasteiger partial charge >= 0.3 is 0 Å². The fourth-order valence-corrected chi connectivity index (χ4v) is 1.36. The molecule has 0 atom stereocenters. The Balaban J connectivity index is 2.73. The summed E-state index contributed by atoms with van der Waals surface area (Å²) in [7, 11) is 0. The number of Topliss-reactive ketones (excluding diaryl/α,β-unsaturated/α-hetero) is 1. The first-order valence-corrected chi connectivity index (χ1v) is 6.03. The van der Waals surface area contributed by atoms with Crippen LogP contribution in [0.4, 0.5) is 0 Å². The van der Waals surface area contributed by atoms with Crippen LogP contribution in [-0.4, -0.2) is 25.3 Å². The zero-order chi connectivity index (χ0) is 13.4. The number of ether oxygens (including phenoxy) is 2. The van der Waals surface area contributed by atoms with Gasteiger partial charge in [0.05, 0.1) is 0 Å². The van der Waals surface area contributed by atoms with Gasteiger partial charge in [-0.05, 0) is 38.8 Å². The lowest BCUT2D eigenvalue weighted by atomic mass is 10.1. The van der Waals surface area contributed by atoms with Crippen molar-refractivity contribution in [3.05, 3.63) is 35.4 Å². The number of carbonyl (C=O) groups is 1. The summed E-state index contributed by atoms with van der Waals surface area (Å²) in [5.74, 6) is 5.93. The molecule has 1 aromatic carbocycles. The SMILES string of the molecule is CCOC(C#Cc1ccc(C(C)=O)cc1)OCC. The third kappa shape index (κ3) is 4.70. The van der Waals surface area contributed by atoms with Crippen LogP contribution >= 0.6 is 0 Å². The van der Waals surface area contributed by atoms with Gasteiger partial charge in [-0.15, -0.1) is 0 Å². The fourth-order valence-electron chi connectivity index (χ4n) is 1.36. The molecule has 0 bridgehead atoms. The molecule has 1 aromatic rings. The average molecular weight is 246 g/mol. The molecule has 0 aliphatic heterocycles. The lowest BCUT2D eigenvalue weighted by molar-refractivity contribution is -0.0969. The van der Waals surface area contributed by atoms with Crippen LogP contribution in [-0.2, 0) is 9.47 Å². The van der Waals surface area contributed by atoms with Crippen LogP contribution < -0.4 is 0 Å². The second-order valence-electron chi connectivity index (χ2n) is 3.65. The maximum absolute atomic E-state index is 11.1. The summed E-state index contributed by atoms with van der Waals surface area (Å²) in [6.45, 7) is 6.46. The lowest BCUT2D eigenvalue weighted by Crippen LogP contribution is -2.14. The molecule has 0 N–H and O–H groups in total. The summed E-state index contributed by atoms with van der Waals surface area (Å²) in [5.41, 5.74) is 1.52. The van der Waals surface area contributed by atoms with Crippen molar-refractivity contribution in [3.8, 4) is 11.8 Å². The third-order valence-electron chi connectivity index (χ3n) is 2.26. The van der Waals surface area contributed by atoms with E-state index in [-0.39, 0.29) is 5.78 Å². The summed E-state index contributed by atoms with van der Waals surface area (Å²) >= 11 is 0. The Bertz CT molecular complexity index is 431. The summed E-state index contributed by atoms with van der Waals surface area (Å²) in [5, 5.41) is 0. The van der Waals surface area contributed by atoms with E-state index in [1.54, 1.807) is 19.1 Å². The van der Waals surface area contributed by atoms with Crippen LogP contribution in [0, 0.1) is 11.8 Å². The van der Waals surface area contributed by atoms with Crippen LogP contribution in [0.3, 0.4) is 0 Å². The topological polar surface area (TPSA) is 35.5 Å². The van der Waals surface area contributed by atoms with Crippen molar-refractivity contribution >= 4 is 5.78 Å². The molecule has 1 rings (SSSR count). The standard InChI is InChI=1S/C15H18O3/c1-4-17-15(18-5-2)11-8-13-6-9-14(10-7-13)12(3)16/h6-7,9-10,15H,4-5H2,1-3H3. The molecule has 0 fully saturated rings. The van der Waals surface area contributed by atoms with E-state index in [0.717, 1.165) is 5.56 Å². The van der Waals surface area contributed by atoms with E-state index in [0.29, 0.717) is 18.8 Å². The Morgan fingerprint density at radius 1 is 1.17 bits per heavy atom. The summed E-state index contributed by atoms with van der Waals surface area (Å²) in [6, 6.07) is 7.17. The molecular formula is C15H18O3. The Morgan fingerprint density at radius 3 is 2.17 bits per heavy atom. The van der Waals surface area contributed by atoms with Crippen molar-refractivity contribution in [3.63, 3.8) is 0 Å². The highest BCUT2D eigenvalue weighted by Crippen LogP contribution is 2.04. The number of ketones is 1. The first-order valence-electron chi connectivity index (χ1n) is 6.03. The number of hydrogen-bond donors (Lipinski definition) is 0. The number of benzene rings is 1. The first-order chi connectivity index (χ1) is 8.67. The Hall–Kier alpha value is -1.63. The van der Waals surface area contributed by atoms with Crippen LogP contribution in [0.1, 0.15) is 36.7 Å². The second-order valence-corrected chi connectivity index (χ2v) is 3.65. The van der Waals surface area contributed by atoms with Crippen LogP contribution in [0.15, 0.2) is 24.3 Å². The fraction of sp³-hybridized carbons (Fsp3) is 0.400. The molecule has 18 heavy (non-hydrogen) atoms. The van der Waals surface area contributed by atoms with E-state index >= 15 is 0 Å². The normalized spacial score (nSPS) is 10.0. The van der Waals surface area contributed by atoms with Crippen LogP contribution in [0.5, 0.6) is 0 Å². The Kier molecular flexibility index (Phi) is 6.13.